The van der Waals surface area contributed by atoms with E-state index in [2.05, 4.69) is 14.8 Å². The molecule has 4 rings (SSSR count). The molecule has 0 saturated carbocycles. The first kappa shape index (κ1) is 20.6. The van der Waals surface area contributed by atoms with Crippen LogP contribution in [0.1, 0.15) is 30.5 Å². The number of hydrogen-bond acceptors (Lipinski definition) is 7. The summed E-state index contributed by atoms with van der Waals surface area (Å²) in [5, 5.41) is 9.27. The number of piperidine rings is 1. The van der Waals surface area contributed by atoms with Gasteiger partial charge in [0.15, 0.2) is 0 Å². The molecule has 0 bridgehead atoms. The summed E-state index contributed by atoms with van der Waals surface area (Å²) in [7, 11) is -3.70. The third-order valence-electron chi connectivity index (χ3n) is 5.66. The number of anilines is 2. The number of nitriles is 1. The second kappa shape index (κ2) is 8.58. The molecule has 2 fully saturated rings. The van der Waals surface area contributed by atoms with Gasteiger partial charge in [-0.15, -0.1) is 0 Å². The van der Waals surface area contributed by atoms with Gasteiger partial charge in [0.05, 0.1) is 10.5 Å². The van der Waals surface area contributed by atoms with Gasteiger partial charge in [0, 0.05) is 51.0 Å². The van der Waals surface area contributed by atoms with Crippen molar-refractivity contribution in [3.05, 3.63) is 41.6 Å². The van der Waals surface area contributed by atoms with Crippen LogP contribution in [0.4, 0.5) is 11.8 Å². The van der Waals surface area contributed by atoms with Gasteiger partial charge in [0.25, 0.3) is 0 Å². The Kier molecular flexibility index (Phi) is 5.88. The van der Waals surface area contributed by atoms with E-state index in [-0.39, 0.29) is 10.5 Å². The third kappa shape index (κ3) is 4.11. The summed E-state index contributed by atoms with van der Waals surface area (Å²) in [4.78, 5) is 13.8. The van der Waals surface area contributed by atoms with Crippen LogP contribution in [0.25, 0.3) is 0 Å². The maximum atomic E-state index is 13.0. The van der Waals surface area contributed by atoms with Crippen molar-refractivity contribution in [2.45, 2.75) is 31.1 Å². The molecule has 2 aliphatic heterocycles. The number of sulfonamides is 1. The molecule has 0 atom stereocenters. The van der Waals surface area contributed by atoms with Gasteiger partial charge in [0.1, 0.15) is 11.9 Å². The molecule has 0 spiro atoms. The first-order chi connectivity index (χ1) is 14.5. The molecule has 0 N–H and O–H groups in total. The predicted molar refractivity (Wildman–Crippen MR) is 115 cm³/mol. The Hall–Kier alpha value is -2.70. The largest absolute Gasteiger partial charge is 0.354 e. The summed E-state index contributed by atoms with van der Waals surface area (Å²) in [5.74, 6) is 1.61. The van der Waals surface area contributed by atoms with Crippen LogP contribution in [0.2, 0.25) is 0 Å². The third-order valence-corrected chi connectivity index (χ3v) is 7.61. The van der Waals surface area contributed by atoms with Gasteiger partial charge in [-0.2, -0.15) is 14.6 Å². The minimum absolute atomic E-state index is 0.0752. The van der Waals surface area contributed by atoms with Crippen LogP contribution in [-0.2, 0) is 10.0 Å². The van der Waals surface area contributed by atoms with E-state index in [1.807, 2.05) is 19.1 Å². The number of benzene rings is 1. The molecule has 0 unspecified atom stereocenters. The number of rotatable bonds is 4. The molecule has 1 aromatic heterocycles. The van der Waals surface area contributed by atoms with Crippen molar-refractivity contribution in [2.24, 2.45) is 0 Å². The van der Waals surface area contributed by atoms with E-state index in [0.717, 1.165) is 43.4 Å². The van der Waals surface area contributed by atoms with Crippen molar-refractivity contribution in [3.63, 3.8) is 0 Å². The molecule has 1 aromatic carbocycles. The van der Waals surface area contributed by atoms with Crippen molar-refractivity contribution >= 4 is 21.8 Å². The standard InChI is InChI=1S/C21H26N6O2S/c1-17-15-20(24-21(23-17)26-9-5-2-6-10-26)25-11-13-27(14-12-25)30(28,29)19-8-4-3-7-18(19)16-22/h3-4,7-8,15H,2,5-6,9-14H2,1H3. The van der Waals surface area contributed by atoms with Gasteiger partial charge < -0.3 is 9.80 Å². The lowest BCUT2D eigenvalue weighted by Crippen LogP contribution is -2.49. The van der Waals surface area contributed by atoms with Gasteiger partial charge in [-0.1, -0.05) is 12.1 Å². The molecule has 2 saturated heterocycles. The van der Waals surface area contributed by atoms with Crippen molar-refractivity contribution in [1.29, 1.82) is 5.26 Å². The van der Waals surface area contributed by atoms with Crippen molar-refractivity contribution in [3.8, 4) is 6.07 Å². The molecule has 8 nitrogen and oxygen atoms in total. The fourth-order valence-corrected chi connectivity index (χ4v) is 5.58. The second-order valence-electron chi connectivity index (χ2n) is 7.71. The summed E-state index contributed by atoms with van der Waals surface area (Å²) >= 11 is 0. The van der Waals surface area contributed by atoms with Crippen molar-refractivity contribution in [1.82, 2.24) is 14.3 Å². The summed E-state index contributed by atoms with van der Waals surface area (Å²) < 4.78 is 27.6. The Bertz CT molecular complexity index is 1050. The van der Waals surface area contributed by atoms with Crippen molar-refractivity contribution < 1.29 is 8.42 Å². The molecule has 9 heteroatoms. The quantitative estimate of drug-likeness (QED) is 0.739. The first-order valence-corrected chi connectivity index (χ1v) is 11.8. The summed E-state index contributed by atoms with van der Waals surface area (Å²) in [6.07, 6.45) is 3.57. The Labute approximate surface area is 177 Å². The number of aryl methyl sites for hydroxylation is 1. The molecule has 2 aliphatic rings. The zero-order chi connectivity index (χ0) is 21.1. The Morgan fingerprint density at radius 2 is 1.63 bits per heavy atom. The second-order valence-corrected chi connectivity index (χ2v) is 9.62. The highest BCUT2D eigenvalue weighted by molar-refractivity contribution is 7.89. The Morgan fingerprint density at radius 1 is 0.933 bits per heavy atom. The first-order valence-electron chi connectivity index (χ1n) is 10.3. The molecule has 0 amide bonds. The lowest BCUT2D eigenvalue weighted by Gasteiger charge is -2.35. The smallest absolute Gasteiger partial charge is 0.244 e. The minimum atomic E-state index is -3.70. The monoisotopic (exact) mass is 426 g/mol. The maximum absolute atomic E-state index is 13.0. The average Bonchev–Trinajstić information content (AvgIpc) is 2.79. The lowest BCUT2D eigenvalue weighted by atomic mass is 10.1. The number of hydrogen-bond donors (Lipinski definition) is 0. The van der Waals surface area contributed by atoms with Gasteiger partial charge in [-0.05, 0) is 38.3 Å². The van der Waals surface area contributed by atoms with Crippen LogP contribution < -0.4 is 9.80 Å². The molecule has 3 heterocycles. The molecular formula is C21H26N6O2S. The average molecular weight is 427 g/mol. The van der Waals surface area contributed by atoms with Crippen LogP contribution in [0.15, 0.2) is 35.2 Å². The highest BCUT2D eigenvalue weighted by Crippen LogP contribution is 2.24. The number of nitrogens with zero attached hydrogens (tertiary/aromatic N) is 6. The topological polar surface area (TPSA) is 93.4 Å². The molecule has 0 radical (unpaired) electrons. The highest BCUT2D eigenvalue weighted by atomic mass is 32.2. The molecule has 0 aliphatic carbocycles. The molecule has 30 heavy (non-hydrogen) atoms. The predicted octanol–water partition coefficient (Wildman–Crippen LogP) is 2.16. The van der Waals surface area contributed by atoms with Crippen LogP contribution in [0.3, 0.4) is 0 Å². The van der Waals surface area contributed by atoms with E-state index in [0.29, 0.717) is 26.2 Å². The minimum Gasteiger partial charge on any atom is -0.354 e. The van der Waals surface area contributed by atoms with Crippen LogP contribution in [0.5, 0.6) is 0 Å². The summed E-state index contributed by atoms with van der Waals surface area (Å²) in [6, 6.07) is 10.3. The highest BCUT2D eigenvalue weighted by Gasteiger charge is 2.31. The van der Waals surface area contributed by atoms with Gasteiger partial charge in [-0.3, -0.25) is 0 Å². The molecule has 2 aromatic rings. The van der Waals surface area contributed by atoms with E-state index in [1.165, 1.54) is 22.9 Å². The Morgan fingerprint density at radius 3 is 2.33 bits per heavy atom. The summed E-state index contributed by atoms with van der Waals surface area (Å²) in [6.45, 7) is 5.72. The van der Waals surface area contributed by atoms with E-state index < -0.39 is 10.0 Å². The zero-order valence-corrected chi connectivity index (χ0v) is 18.0. The fraction of sp³-hybridized carbons (Fsp3) is 0.476. The summed E-state index contributed by atoms with van der Waals surface area (Å²) in [5.41, 5.74) is 1.09. The van der Waals surface area contributed by atoms with E-state index in [9.17, 15) is 13.7 Å². The SMILES string of the molecule is Cc1cc(N2CCN(S(=O)(=O)c3ccccc3C#N)CC2)nc(N2CCCCC2)n1. The number of piperazine rings is 1. The number of aromatic nitrogens is 2. The van der Waals surface area contributed by atoms with Gasteiger partial charge in [-0.25, -0.2) is 13.4 Å². The molecule has 158 valence electrons. The molecular weight excluding hydrogens is 400 g/mol. The van der Waals surface area contributed by atoms with Gasteiger partial charge in [0.2, 0.25) is 16.0 Å². The van der Waals surface area contributed by atoms with Crippen LogP contribution >= 0.6 is 0 Å². The maximum Gasteiger partial charge on any atom is 0.244 e. The fourth-order valence-electron chi connectivity index (χ4n) is 4.01. The van der Waals surface area contributed by atoms with E-state index in [4.69, 9.17) is 4.98 Å². The van der Waals surface area contributed by atoms with Crippen LogP contribution in [-0.4, -0.2) is 62.0 Å². The lowest BCUT2D eigenvalue weighted by molar-refractivity contribution is 0.383. The zero-order valence-electron chi connectivity index (χ0n) is 17.2. The Balaban J connectivity index is 1.50. The van der Waals surface area contributed by atoms with Crippen molar-refractivity contribution in [2.75, 3.05) is 49.1 Å². The van der Waals surface area contributed by atoms with E-state index in [1.54, 1.807) is 12.1 Å². The van der Waals surface area contributed by atoms with E-state index >= 15 is 0 Å². The van der Waals surface area contributed by atoms with Crippen LogP contribution in [0, 0.1) is 18.3 Å². The van der Waals surface area contributed by atoms with Gasteiger partial charge >= 0.3 is 0 Å². The normalized spacial score (nSPS) is 18.3.